The van der Waals surface area contributed by atoms with E-state index in [1.807, 2.05) is 37.3 Å². The van der Waals surface area contributed by atoms with Crippen LogP contribution < -0.4 is 0 Å². The van der Waals surface area contributed by atoms with Crippen molar-refractivity contribution in [2.75, 3.05) is 6.61 Å². The van der Waals surface area contributed by atoms with Gasteiger partial charge in [-0.2, -0.15) is 0 Å². The molecule has 0 fully saturated rings. The minimum atomic E-state index is -1.18. The van der Waals surface area contributed by atoms with Crippen LogP contribution in [0.5, 0.6) is 0 Å². The van der Waals surface area contributed by atoms with Gasteiger partial charge in [-0.3, -0.25) is 0 Å². The van der Waals surface area contributed by atoms with Gasteiger partial charge in [0.05, 0.1) is 13.2 Å². The Morgan fingerprint density at radius 3 is 2.62 bits per heavy atom. The van der Waals surface area contributed by atoms with Crippen LogP contribution in [0, 0.1) is 0 Å². The molecule has 2 nitrogen and oxygen atoms in total. The second-order valence-corrected chi connectivity index (χ2v) is 3.87. The predicted octanol–water partition coefficient (Wildman–Crippen LogP) is 2.70. The molecular formula is C13H19FO2. The largest absolute Gasteiger partial charge is 0.388 e. The van der Waals surface area contributed by atoms with Crippen LogP contribution in [0.3, 0.4) is 0 Å². The van der Waals surface area contributed by atoms with Crippen LogP contribution in [0.25, 0.3) is 0 Å². The van der Waals surface area contributed by atoms with Crippen molar-refractivity contribution in [2.24, 2.45) is 0 Å². The van der Waals surface area contributed by atoms with Crippen LogP contribution in [-0.2, 0) is 11.3 Å². The van der Waals surface area contributed by atoms with E-state index < -0.39 is 12.3 Å². The third-order valence-corrected chi connectivity index (χ3v) is 2.38. The highest BCUT2D eigenvalue weighted by molar-refractivity contribution is 5.13. The highest BCUT2D eigenvalue weighted by Crippen LogP contribution is 2.08. The number of ether oxygens (including phenoxy) is 1. The van der Waals surface area contributed by atoms with Crippen molar-refractivity contribution < 1.29 is 14.2 Å². The van der Waals surface area contributed by atoms with Gasteiger partial charge in [-0.25, -0.2) is 4.39 Å². The van der Waals surface area contributed by atoms with Crippen molar-refractivity contribution in [1.29, 1.82) is 0 Å². The molecule has 0 aromatic heterocycles. The third kappa shape index (κ3) is 4.73. The van der Waals surface area contributed by atoms with Crippen LogP contribution in [0.2, 0.25) is 0 Å². The summed E-state index contributed by atoms with van der Waals surface area (Å²) in [5, 5.41) is 9.43. The van der Waals surface area contributed by atoms with Crippen LogP contribution in [-0.4, -0.2) is 24.0 Å². The molecule has 0 heterocycles. The molecule has 0 saturated heterocycles. The van der Waals surface area contributed by atoms with E-state index in [9.17, 15) is 9.50 Å². The molecular weight excluding hydrogens is 207 g/mol. The van der Waals surface area contributed by atoms with Crippen molar-refractivity contribution in [2.45, 2.75) is 38.6 Å². The smallest absolute Gasteiger partial charge is 0.128 e. The molecule has 1 rings (SSSR count). The minimum Gasteiger partial charge on any atom is -0.388 e. The van der Waals surface area contributed by atoms with Crippen LogP contribution in [0.1, 0.15) is 25.3 Å². The fraction of sp³-hybridized carbons (Fsp3) is 0.538. The summed E-state index contributed by atoms with van der Waals surface area (Å²) in [6, 6.07) is 9.64. The number of benzene rings is 1. The average molecular weight is 226 g/mol. The Morgan fingerprint density at radius 2 is 2.00 bits per heavy atom. The maximum Gasteiger partial charge on any atom is 0.128 e. The van der Waals surface area contributed by atoms with Crippen molar-refractivity contribution in [3.05, 3.63) is 35.9 Å². The second kappa shape index (κ2) is 7.36. The van der Waals surface area contributed by atoms with Crippen molar-refractivity contribution >= 4 is 0 Å². The summed E-state index contributed by atoms with van der Waals surface area (Å²) in [6.45, 7) is 2.36. The molecule has 90 valence electrons. The molecule has 16 heavy (non-hydrogen) atoms. The molecule has 0 amide bonds. The van der Waals surface area contributed by atoms with Gasteiger partial charge in [-0.05, 0) is 12.0 Å². The van der Waals surface area contributed by atoms with Crippen molar-refractivity contribution in [3.63, 3.8) is 0 Å². The molecule has 0 bridgehead atoms. The van der Waals surface area contributed by atoms with Gasteiger partial charge >= 0.3 is 0 Å². The van der Waals surface area contributed by atoms with E-state index in [4.69, 9.17) is 4.74 Å². The molecule has 0 aliphatic carbocycles. The molecule has 3 heteroatoms. The second-order valence-electron chi connectivity index (χ2n) is 3.87. The summed E-state index contributed by atoms with van der Waals surface area (Å²) < 4.78 is 18.5. The fourth-order valence-corrected chi connectivity index (χ4v) is 1.44. The molecule has 0 radical (unpaired) electrons. The van der Waals surface area contributed by atoms with Gasteiger partial charge in [0, 0.05) is 0 Å². The first-order chi connectivity index (χ1) is 7.74. The molecule has 0 unspecified atom stereocenters. The standard InChI is InChI=1S/C13H19FO2/c1-2-6-12(14)13(15)10-16-9-11-7-4-3-5-8-11/h3-5,7-8,12-13,15H,2,6,9-10H2,1H3/t12-,13+/m1/s1. The van der Waals surface area contributed by atoms with Gasteiger partial charge < -0.3 is 9.84 Å². The van der Waals surface area contributed by atoms with Crippen LogP contribution in [0.4, 0.5) is 4.39 Å². The predicted molar refractivity (Wildman–Crippen MR) is 61.9 cm³/mol. The maximum atomic E-state index is 13.2. The minimum absolute atomic E-state index is 0.0516. The lowest BCUT2D eigenvalue weighted by Crippen LogP contribution is -2.27. The number of aliphatic hydroxyl groups excluding tert-OH is 1. The molecule has 2 atom stereocenters. The van der Waals surface area contributed by atoms with Gasteiger partial charge in [0.2, 0.25) is 0 Å². The average Bonchev–Trinajstić information content (AvgIpc) is 2.30. The van der Waals surface area contributed by atoms with E-state index in [-0.39, 0.29) is 6.61 Å². The summed E-state index contributed by atoms with van der Waals surface area (Å²) in [4.78, 5) is 0. The van der Waals surface area contributed by atoms with Gasteiger partial charge in [-0.1, -0.05) is 43.7 Å². The Labute approximate surface area is 96.1 Å². The van der Waals surface area contributed by atoms with E-state index >= 15 is 0 Å². The molecule has 0 aliphatic heterocycles. The Kier molecular flexibility index (Phi) is 6.04. The van der Waals surface area contributed by atoms with E-state index in [0.29, 0.717) is 13.0 Å². The van der Waals surface area contributed by atoms with Gasteiger partial charge in [0.25, 0.3) is 0 Å². The molecule has 1 N–H and O–H groups in total. The molecule has 0 aliphatic rings. The summed E-state index contributed by atoms with van der Waals surface area (Å²) in [7, 11) is 0. The van der Waals surface area contributed by atoms with Crippen molar-refractivity contribution in [1.82, 2.24) is 0 Å². The maximum absolute atomic E-state index is 13.2. The zero-order valence-electron chi connectivity index (χ0n) is 9.60. The first-order valence-corrected chi connectivity index (χ1v) is 5.67. The SMILES string of the molecule is CCC[C@@H](F)[C@@H](O)COCc1ccccc1. The lowest BCUT2D eigenvalue weighted by Gasteiger charge is -2.15. The highest BCUT2D eigenvalue weighted by Gasteiger charge is 2.17. The lowest BCUT2D eigenvalue weighted by molar-refractivity contribution is -0.0150. The third-order valence-electron chi connectivity index (χ3n) is 2.38. The summed E-state index contributed by atoms with van der Waals surface area (Å²) >= 11 is 0. The van der Waals surface area contributed by atoms with Gasteiger partial charge in [0.15, 0.2) is 0 Å². The molecule has 0 saturated carbocycles. The Balaban J connectivity index is 2.20. The van der Waals surface area contributed by atoms with Gasteiger partial charge in [-0.15, -0.1) is 0 Å². The van der Waals surface area contributed by atoms with Crippen LogP contribution in [0.15, 0.2) is 30.3 Å². The van der Waals surface area contributed by atoms with E-state index in [1.54, 1.807) is 0 Å². The van der Waals surface area contributed by atoms with E-state index in [2.05, 4.69) is 0 Å². The Hall–Kier alpha value is -0.930. The number of hydrogen-bond donors (Lipinski definition) is 1. The fourth-order valence-electron chi connectivity index (χ4n) is 1.44. The number of alkyl halides is 1. The lowest BCUT2D eigenvalue weighted by atomic mass is 10.1. The molecule has 1 aromatic carbocycles. The highest BCUT2D eigenvalue weighted by atomic mass is 19.1. The number of aliphatic hydroxyl groups is 1. The zero-order chi connectivity index (χ0) is 11.8. The summed E-state index contributed by atoms with van der Waals surface area (Å²) in [5.74, 6) is 0. The molecule has 1 aromatic rings. The monoisotopic (exact) mass is 226 g/mol. The zero-order valence-corrected chi connectivity index (χ0v) is 9.60. The summed E-state index contributed by atoms with van der Waals surface area (Å²) in [5.41, 5.74) is 1.03. The van der Waals surface area contributed by atoms with E-state index in [0.717, 1.165) is 12.0 Å². The summed E-state index contributed by atoms with van der Waals surface area (Å²) in [6.07, 6.45) is -1.07. The number of rotatable bonds is 7. The Bertz CT molecular complexity index is 277. The quantitative estimate of drug-likeness (QED) is 0.774. The first-order valence-electron chi connectivity index (χ1n) is 5.67. The van der Waals surface area contributed by atoms with Crippen molar-refractivity contribution in [3.8, 4) is 0 Å². The van der Waals surface area contributed by atoms with Crippen LogP contribution >= 0.6 is 0 Å². The number of hydrogen-bond acceptors (Lipinski definition) is 2. The topological polar surface area (TPSA) is 29.5 Å². The Morgan fingerprint density at radius 1 is 1.31 bits per heavy atom. The van der Waals surface area contributed by atoms with Gasteiger partial charge in [0.1, 0.15) is 12.3 Å². The molecule has 0 spiro atoms. The number of halogens is 1. The first kappa shape index (κ1) is 13.1. The normalized spacial score (nSPS) is 14.7. The van der Waals surface area contributed by atoms with E-state index in [1.165, 1.54) is 0 Å².